The molecule has 12 heteroatoms. The minimum absolute atomic E-state index is 0.954. The first kappa shape index (κ1) is 18.8. The number of rotatable bonds is 8. The van der Waals surface area contributed by atoms with E-state index in [4.69, 9.17) is 0 Å². The standard InChI is InChI=1S/C7H9F8O3P/c8-6(9,10)3-16-1-5(18-19(14)15)2-17-4-7(11,12)13/h5H,1-4H2. The van der Waals surface area contributed by atoms with Gasteiger partial charge in [-0.1, -0.05) is 0 Å². The molecular weight excluding hydrogens is 315 g/mol. The average Bonchev–Trinajstić information content (AvgIpc) is 2.11. The highest BCUT2D eigenvalue weighted by atomic mass is 31.2. The van der Waals surface area contributed by atoms with E-state index < -0.39 is 53.7 Å². The third-order valence-corrected chi connectivity index (χ3v) is 1.83. The predicted molar refractivity (Wildman–Crippen MR) is 47.8 cm³/mol. The van der Waals surface area contributed by atoms with Crippen LogP contribution in [0, 0.1) is 0 Å². The lowest BCUT2D eigenvalue weighted by molar-refractivity contribution is -0.189. The van der Waals surface area contributed by atoms with Crippen LogP contribution < -0.4 is 0 Å². The predicted octanol–water partition coefficient (Wildman–Crippen LogP) is 3.70. The van der Waals surface area contributed by atoms with Crippen LogP contribution in [0.25, 0.3) is 0 Å². The third-order valence-electron chi connectivity index (χ3n) is 1.37. The summed E-state index contributed by atoms with van der Waals surface area (Å²) in [4.78, 5) is 0. The fourth-order valence-electron chi connectivity index (χ4n) is 0.834. The molecule has 116 valence electrons. The molecule has 0 aromatic carbocycles. The number of ether oxygens (including phenoxy) is 2. The summed E-state index contributed by atoms with van der Waals surface area (Å²) in [5.41, 5.74) is 0. The van der Waals surface area contributed by atoms with Gasteiger partial charge in [0.05, 0.1) is 13.2 Å². The maximum atomic E-state index is 11.9. The Morgan fingerprint density at radius 1 is 0.789 bits per heavy atom. The Kier molecular flexibility index (Phi) is 8.02. The van der Waals surface area contributed by atoms with Gasteiger partial charge in [0.25, 0.3) is 0 Å². The molecule has 0 N–H and O–H groups in total. The summed E-state index contributed by atoms with van der Waals surface area (Å²) in [6.07, 6.45) is -11.0. The Bertz CT molecular complexity index is 223. The highest BCUT2D eigenvalue weighted by molar-refractivity contribution is 7.40. The Morgan fingerprint density at radius 3 is 1.42 bits per heavy atom. The van der Waals surface area contributed by atoms with E-state index in [9.17, 15) is 34.7 Å². The van der Waals surface area contributed by atoms with E-state index in [-0.39, 0.29) is 0 Å². The molecule has 0 amide bonds. The molecule has 0 unspecified atom stereocenters. The summed E-state index contributed by atoms with van der Waals surface area (Å²) >= 11 is 0. The molecule has 0 spiro atoms. The lowest BCUT2D eigenvalue weighted by Crippen LogP contribution is -2.29. The van der Waals surface area contributed by atoms with Crippen molar-refractivity contribution in [1.29, 1.82) is 0 Å². The van der Waals surface area contributed by atoms with Crippen molar-refractivity contribution in [1.82, 2.24) is 0 Å². The van der Waals surface area contributed by atoms with Gasteiger partial charge in [0.2, 0.25) is 0 Å². The summed E-state index contributed by atoms with van der Waals surface area (Å²) in [6, 6.07) is 0. The second kappa shape index (κ2) is 8.13. The monoisotopic (exact) mass is 324 g/mol. The van der Waals surface area contributed by atoms with Gasteiger partial charge in [-0.05, 0) is 0 Å². The molecule has 0 bridgehead atoms. The second-order valence-corrected chi connectivity index (χ2v) is 3.80. The van der Waals surface area contributed by atoms with Crippen molar-refractivity contribution >= 4 is 8.77 Å². The summed E-state index contributed by atoms with van der Waals surface area (Å²) in [5, 5.41) is 0. The average molecular weight is 324 g/mol. The first-order valence-electron chi connectivity index (χ1n) is 4.57. The lowest BCUT2D eigenvalue weighted by atomic mass is 10.4. The normalized spacial score (nSPS) is 13.6. The van der Waals surface area contributed by atoms with E-state index in [0.29, 0.717) is 0 Å². The first-order valence-corrected chi connectivity index (χ1v) is 5.61. The zero-order valence-corrected chi connectivity index (χ0v) is 10.00. The van der Waals surface area contributed by atoms with Crippen LogP contribution in [0.15, 0.2) is 0 Å². The zero-order chi connectivity index (χ0) is 15.1. The van der Waals surface area contributed by atoms with Gasteiger partial charge >= 0.3 is 21.1 Å². The van der Waals surface area contributed by atoms with Crippen molar-refractivity contribution < 1.29 is 48.7 Å². The van der Waals surface area contributed by atoms with Crippen LogP contribution in [0.5, 0.6) is 0 Å². The van der Waals surface area contributed by atoms with Crippen molar-refractivity contribution in [3.8, 4) is 0 Å². The van der Waals surface area contributed by atoms with Gasteiger partial charge in [0.1, 0.15) is 19.3 Å². The largest absolute Gasteiger partial charge is 0.415 e. The Labute approximate surface area is 103 Å². The molecule has 0 aliphatic heterocycles. The molecule has 0 aliphatic rings. The molecule has 0 rings (SSSR count). The van der Waals surface area contributed by atoms with Crippen LogP contribution in [0.1, 0.15) is 0 Å². The highest BCUT2D eigenvalue weighted by Crippen LogP contribution is 2.41. The lowest BCUT2D eigenvalue weighted by Gasteiger charge is -2.17. The van der Waals surface area contributed by atoms with Crippen molar-refractivity contribution in [3.63, 3.8) is 0 Å². The number of alkyl halides is 6. The van der Waals surface area contributed by atoms with Crippen LogP contribution >= 0.6 is 8.77 Å². The maximum absolute atomic E-state index is 11.9. The van der Waals surface area contributed by atoms with E-state index in [1.54, 1.807) is 0 Å². The van der Waals surface area contributed by atoms with Gasteiger partial charge in [-0.3, -0.25) is 4.52 Å². The second-order valence-electron chi connectivity index (χ2n) is 3.19. The van der Waals surface area contributed by atoms with Gasteiger partial charge in [0.15, 0.2) is 0 Å². The van der Waals surface area contributed by atoms with Gasteiger partial charge in [-0.25, -0.2) is 0 Å². The Hall–Kier alpha value is -0.250. The summed E-state index contributed by atoms with van der Waals surface area (Å²) in [7, 11) is -3.95. The number of halogens is 8. The number of hydrogen-bond donors (Lipinski definition) is 0. The van der Waals surface area contributed by atoms with Gasteiger partial charge in [-0.15, -0.1) is 0 Å². The van der Waals surface area contributed by atoms with E-state index in [2.05, 4.69) is 14.0 Å². The molecule has 0 fully saturated rings. The molecule has 3 nitrogen and oxygen atoms in total. The summed E-state index contributed by atoms with van der Waals surface area (Å²) < 4.78 is 106. The topological polar surface area (TPSA) is 27.7 Å². The summed E-state index contributed by atoms with van der Waals surface area (Å²) in [6.45, 7) is -5.35. The highest BCUT2D eigenvalue weighted by Gasteiger charge is 2.30. The molecule has 0 heterocycles. The van der Waals surface area contributed by atoms with E-state index in [1.165, 1.54) is 0 Å². The Balaban J connectivity index is 4.02. The van der Waals surface area contributed by atoms with Crippen LogP contribution in [-0.2, 0) is 14.0 Å². The minimum Gasteiger partial charge on any atom is -0.369 e. The third kappa shape index (κ3) is 14.0. The van der Waals surface area contributed by atoms with Crippen molar-refractivity contribution in [2.24, 2.45) is 0 Å². The van der Waals surface area contributed by atoms with E-state index in [0.717, 1.165) is 0 Å². The molecule has 0 atom stereocenters. The molecule has 0 saturated carbocycles. The van der Waals surface area contributed by atoms with Gasteiger partial charge in [-0.2, -0.15) is 34.7 Å². The van der Waals surface area contributed by atoms with E-state index in [1.807, 2.05) is 0 Å². The van der Waals surface area contributed by atoms with E-state index >= 15 is 0 Å². The fourth-order valence-corrected chi connectivity index (χ4v) is 1.18. The van der Waals surface area contributed by atoms with Crippen molar-refractivity contribution in [2.75, 3.05) is 26.4 Å². The van der Waals surface area contributed by atoms with Crippen LogP contribution in [-0.4, -0.2) is 44.9 Å². The van der Waals surface area contributed by atoms with Gasteiger partial charge in [0, 0.05) is 0 Å². The SMILES string of the molecule is FP(F)OC(COCC(F)(F)F)COCC(F)(F)F. The minimum atomic E-state index is -4.67. The molecule has 19 heavy (non-hydrogen) atoms. The fraction of sp³-hybridized carbons (Fsp3) is 1.00. The quantitative estimate of drug-likeness (QED) is 0.503. The van der Waals surface area contributed by atoms with Crippen molar-refractivity contribution in [3.05, 3.63) is 0 Å². The van der Waals surface area contributed by atoms with Crippen LogP contribution in [0.3, 0.4) is 0 Å². The zero-order valence-electron chi connectivity index (χ0n) is 9.10. The van der Waals surface area contributed by atoms with Crippen LogP contribution in [0.2, 0.25) is 0 Å². The number of hydrogen-bond acceptors (Lipinski definition) is 3. The molecule has 0 aliphatic carbocycles. The first-order chi connectivity index (χ1) is 8.49. The maximum Gasteiger partial charge on any atom is 0.415 e. The molecule has 0 aromatic heterocycles. The smallest absolute Gasteiger partial charge is 0.369 e. The summed E-state index contributed by atoms with van der Waals surface area (Å²) in [5.74, 6) is 0. The molecule has 0 saturated heterocycles. The molecular formula is C7H9F8O3P. The molecule has 0 radical (unpaired) electrons. The van der Waals surface area contributed by atoms with Crippen molar-refractivity contribution in [2.45, 2.75) is 18.5 Å². The van der Waals surface area contributed by atoms with Gasteiger partial charge < -0.3 is 9.47 Å². The van der Waals surface area contributed by atoms with Crippen LogP contribution in [0.4, 0.5) is 34.7 Å². The Morgan fingerprint density at radius 2 is 1.16 bits per heavy atom. The molecule has 0 aromatic rings.